The van der Waals surface area contributed by atoms with E-state index in [-0.39, 0.29) is 11.7 Å². The summed E-state index contributed by atoms with van der Waals surface area (Å²) in [4.78, 5) is 29.9. The number of Topliss-reactive ketones (excluding diaryl/α,β-unsaturated/α-hetero) is 1. The van der Waals surface area contributed by atoms with Crippen molar-refractivity contribution < 1.29 is 14.0 Å². The number of aromatic nitrogens is 1. The third kappa shape index (κ3) is 3.22. The Labute approximate surface area is 162 Å². The van der Waals surface area contributed by atoms with Crippen molar-refractivity contribution in [2.75, 3.05) is 5.32 Å². The molecule has 142 valence electrons. The first kappa shape index (κ1) is 18.1. The summed E-state index contributed by atoms with van der Waals surface area (Å²) in [6.07, 6.45) is 5.02. The van der Waals surface area contributed by atoms with Gasteiger partial charge in [0.25, 0.3) is 5.91 Å². The molecule has 0 spiro atoms. The highest BCUT2D eigenvalue weighted by Gasteiger charge is 2.39. The van der Waals surface area contributed by atoms with E-state index in [1.54, 1.807) is 49.6 Å². The maximum atomic E-state index is 14.7. The van der Waals surface area contributed by atoms with Crippen molar-refractivity contribution in [3.8, 4) is 0 Å². The van der Waals surface area contributed by atoms with Crippen LogP contribution in [0.15, 0.2) is 71.3 Å². The predicted molar refractivity (Wildman–Crippen MR) is 104 cm³/mol. The molecule has 1 aromatic carbocycles. The molecule has 5 nitrogen and oxygen atoms in total. The molecule has 0 saturated carbocycles. The Bertz CT molecular complexity index is 1010. The number of hydrogen-bond acceptors (Lipinski definition) is 4. The Morgan fingerprint density at radius 1 is 1.21 bits per heavy atom. The highest BCUT2D eigenvalue weighted by molar-refractivity contribution is 6.09. The zero-order chi connectivity index (χ0) is 19.7. The average Bonchev–Trinajstić information content (AvgIpc) is 2.68. The first-order chi connectivity index (χ1) is 13.6. The molecule has 1 aliphatic heterocycles. The van der Waals surface area contributed by atoms with Gasteiger partial charge in [-0.1, -0.05) is 18.2 Å². The minimum absolute atomic E-state index is 0.0406. The van der Waals surface area contributed by atoms with Gasteiger partial charge in [-0.05, 0) is 38.0 Å². The lowest BCUT2D eigenvalue weighted by Gasteiger charge is -2.34. The molecule has 28 heavy (non-hydrogen) atoms. The number of hydrogen-bond donors (Lipinski definition) is 2. The number of halogens is 1. The van der Waals surface area contributed by atoms with Crippen molar-refractivity contribution in [2.24, 2.45) is 0 Å². The molecule has 0 radical (unpaired) electrons. The Morgan fingerprint density at radius 2 is 2.04 bits per heavy atom. The van der Waals surface area contributed by atoms with Gasteiger partial charge in [-0.25, -0.2) is 4.39 Å². The van der Waals surface area contributed by atoms with Gasteiger partial charge >= 0.3 is 0 Å². The SMILES string of the molecule is CC1=C(C(=O)Nc2cccnc2)[C@@H](c2ccccc2F)C2=C(CCCC2=O)N1. The Morgan fingerprint density at radius 3 is 2.79 bits per heavy atom. The van der Waals surface area contributed by atoms with E-state index in [1.807, 2.05) is 0 Å². The Hall–Kier alpha value is -3.28. The monoisotopic (exact) mass is 377 g/mol. The number of carbonyl (C=O) groups excluding carboxylic acids is 2. The van der Waals surface area contributed by atoms with Crippen molar-refractivity contribution in [1.82, 2.24) is 10.3 Å². The highest BCUT2D eigenvalue weighted by atomic mass is 19.1. The molecule has 0 saturated heterocycles. The number of nitrogens with one attached hydrogen (secondary N) is 2. The quantitative estimate of drug-likeness (QED) is 0.853. The smallest absolute Gasteiger partial charge is 0.254 e. The number of rotatable bonds is 3. The third-order valence-electron chi connectivity index (χ3n) is 5.16. The van der Waals surface area contributed by atoms with Crippen LogP contribution in [0, 0.1) is 5.82 Å². The molecular weight excluding hydrogens is 357 g/mol. The number of pyridine rings is 1. The number of anilines is 1. The Kier molecular flexibility index (Phi) is 4.77. The zero-order valence-electron chi connectivity index (χ0n) is 15.5. The maximum Gasteiger partial charge on any atom is 0.254 e. The molecule has 1 atom stereocenters. The molecule has 0 bridgehead atoms. The van der Waals surface area contributed by atoms with E-state index in [2.05, 4.69) is 15.6 Å². The summed E-state index contributed by atoms with van der Waals surface area (Å²) in [6, 6.07) is 9.77. The summed E-state index contributed by atoms with van der Waals surface area (Å²) >= 11 is 0. The first-order valence-electron chi connectivity index (χ1n) is 9.26. The summed E-state index contributed by atoms with van der Waals surface area (Å²) in [5.74, 6) is -1.58. The van der Waals surface area contributed by atoms with Crippen LogP contribution >= 0.6 is 0 Å². The molecule has 6 heteroatoms. The molecule has 0 fully saturated rings. The molecule has 2 heterocycles. The van der Waals surface area contributed by atoms with Crippen LogP contribution < -0.4 is 10.6 Å². The molecule has 4 rings (SSSR count). The van der Waals surface area contributed by atoms with Crippen LogP contribution in [0.25, 0.3) is 0 Å². The van der Waals surface area contributed by atoms with Crippen molar-refractivity contribution in [1.29, 1.82) is 0 Å². The van der Waals surface area contributed by atoms with Gasteiger partial charge in [0, 0.05) is 46.6 Å². The van der Waals surface area contributed by atoms with Crippen LogP contribution in [0.5, 0.6) is 0 Å². The molecule has 2 aromatic rings. The molecule has 2 aliphatic rings. The number of benzene rings is 1. The fraction of sp³-hybridized carbons (Fsp3) is 0.227. The number of nitrogens with zero attached hydrogens (tertiary/aromatic N) is 1. The molecule has 0 unspecified atom stereocenters. The van der Waals surface area contributed by atoms with Crippen LogP contribution in [0.1, 0.15) is 37.7 Å². The van der Waals surface area contributed by atoms with Gasteiger partial charge < -0.3 is 10.6 Å². The largest absolute Gasteiger partial charge is 0.362 e. The number of allylic oxidation sites excluding steroid dienone is 3. The van der Waals surface area contributed by atoms with E-state index in [9.17, 15) is 14.0 Å². The van der Waals surface area contributed by atoms with E-state index < -0.39 is 11.7 Å². The number of dihydropyridines is 1. The van der Waals surface area contributed by atoms with E-state index >= 15 is 0 Å². The van der Waals surface area contributed by atoms with Gasteiger partial charge in [0.05, 0.1) is 11.9 Å². The first-order valence-corrected chi connectivity index (χ1v) is 9.26. The summed E-state index contributed by atoms with van der Waals surface area (Å²) < 4.78 is 14.7. The third-order valence-corrected chi connectivity index (χ3v) is 5.16. The van der Waals surface area contributed by atoms with E-state index in [0.29, 0.717) is 40.9 Å². The fourth-order valence-electron chi connectivity index (χ4n) is 3.94. The molecule has 1 aromatic heterocycles. The second kappa shape index (κ2) is 7.38. The number of ketones is 1. The van der Waals surface area contributed by atoms with Crippen LogP contribution in [-0.2, 0) is 9.59 Å². The second-order valence-corrected chi connectivity index (χ2v) is 6.98. The zero-order valence-corrected chi connectivity index (χ0v) is 15.5. The molecular formula is C22H20FN3O2. The predicted octanol–water partition coefficient (Wildman–Crippen LogP) is 3.83. The summed E-state index contributed by atoms with van der Waals surface area (Å²) in [6.45, 7) is 1.79. The summed E-state index contributed by atoms with van der Waals surface area (Å²) in [5, 5.41) is 6.04. The normalized spacial score (nSPS) is 19.2. The van der Waals surface area contributed by atoms with E-state index in [1.165, 1.54) is 6.07 Å². The minimum atomic E-state index is -0.734. The van der Waals surface area contributed by atoms with Gasteiger partial charge in [-0.2, -0.15) is 0 Å². The van der Waals surface area contributed by atoms with Crippen LogP contribution in [0.3, 0.4) is 0 Å². The van der Waals surface area contributed by atoms with Crippen LogP contribution in [0.4, 0.5) is 10.1 Å². The van der Waals surface area contributed by atoms with Crippen molar-refractivity contribution in [3.05, 3.63) is 82.7 Å². The van der Waals surface area contributed by atoms with Gasteiger partial charge in [-0.15, -0.1) is 0 Å². The minimum Gasteiger partial charge on any atom is -0.362 e. The van der Waals surface area contributed by atoms with Gasteiger partial charge in [0.2, 0.25) is 0 Å². The topological polar surface area (TPSA) is 71.1 Å². The molecule has 2 N–H and O–H groups in total. The van der Waals surface area contributed by atoms with Gasteiger partial charge in [-0.3, -0.25) is 14.6 Å². The number of carbonyl (C=O) groups is 2. The van der Waals surface area contributed by atoms with Crippen molar-refractivity contribution >= 4 is 17.4 Å². The van der Waals surface area contributed by atoms with E-state index in [4.69, 9.17) is 0 Å². The fourth-order valence-corrected chi connectivity index (χ4v) is 3.94. The lowest BCUT2D eigenvalue weighted by molar-refractivity contribution is -0.116. The lowest BCUT2D eigenvalue weighted by Crippen LogP contribution is -2.35. The van der Waals surface area contributed by atoms with Crippen molar-refractivity contribution in [3.63, 3.8) is 0 Å². The lowest BCUT2D eigenvalue weighted by atomic mass is 9.75. The van der Waals surface area contributed by atoms with Crippen molar-refractivity contribution in [2.45, 2.75) is 32.1 Å². The van der Waals surface area contributed by atoms with Gasteiger partial charge in [0.15, 0.2) is 5.78 Å². The average molecular weight is 377 g/mol. The maximum absolute atomic E-state index is 14.7. The van der Waals surface area contributed by atoms with E-state index in [0.717, 1.165) is 12.1 Å². The summed E-state index contributed by atoms with van der Waals surface area (Å²) in [7, 11) is 0. The van der Waals surface area contributed by atoms with Crippen LogP contribution in [0.2, 0.25) is 0 Å². The molecule has 1 amide bonds. The van der Waals surface area contributed by atoms with Gasteiger partial charge in [0.1, 0.15) is 5.82 Å². The Balaban J connectivity index is 1.82. The standard InChI is InChI=1S/C22H20FN3O2/c1-13-19(22(28)26-14-6-5-11-24-12-14)20(15-7-2-3-8-16(15)23)21-17(25-13)9-4-10-18(21)27/h2-3,5-8,11-12,20,25H,4,9-10H2,1H3,(H,26,28)/t20-/m1/s1. The highest BCUT2D eigenvalue weighted by Crippen LogP contribution is 2.43. The van der Waals surface area contributed by atoms with Crippen LogP contribution in [-0.4, -0.2) is 16.7 Å². The summed E-state index contributed by atoms with van der Waals surface area (Å²) in [5.41, 5.74) is 3.14. The second-order valence-electron chi connectivity index (χ2n) is 6.98. The molecule has 1 aliphatic carbocycles. The number of amides is 1.